The van der Waals surface area contributed by atoms with Crippen LogP contribution in [0.5, 0.6) is 5.88 Å². The maximum absolute atomic E-state index is 12.4. The topological polar surface area (TPSA) is 44.1 Å². The zero-order chi connectivity index (χ0) is 18.0. The van der Waals surface area contributed by atoms with E-state index in [2.05, 4.69) is 5.10 Å². The molecule has 25 heavy (non-hydrogen) atoms. The van der Waals surface area contributed by atoms with Gasteiger partial charge in [0.1, 0.15) is 0 Å². The lowest BCUT2D eigenvalue weighted by Crippen LogP contribution is -2.11. The lowest BCUT2D eigenvalue weighted by atomic mass is 10.1. The van der Waals surface area contributed by atoms with Gasteiger partial charge in [0.2, 0.25) is 5.88 Å². The highest BCUT2D eigenvalue weighted by Crippen LogP contribution is 2.28. The predicted octanol–water partition coefficient (Wildman–Crippen LogP) is 5.52. The van der Waals surface area contributed by atoms with E-state index < -0.39 is 5.97 Å². The zero-order valence-electron chi connectivity index (χ0n) is 13.7. The van der Waals surface area contributed by atoms with Crippen LogP contribution in [0.3, 0.4) is 0 Å². The van der Waals surface area contributed by atoms with Crippen LogP contribution in [0.2, 0.25) is 10.0 Å². The number of nitrogens with zero attached hydrogens (tertiary/aromatic N) is 2. The first-order chi connectivity index (χ1) is 12.0. The summed E-state index contributed by atoms with van der Waals surface area (Å²) < 4.78 is 7.12. The number of hydrogen-bond donors (Lipinski definition) is 0. The van der Waals surface area contributed by atoms with E-state index in [9.17, 15) is 4.79 Å². The van der Waals surface area contributed by atoms with Crippen LogP contribution < -0.4 is 4.74 Å². The molecule has 3 rings (SSSR count). The Morgan fingerprint density at radius 1 is 1.08 bits per heavy atom. The summed E-state index contributed by atoms with van der Waals surface area (Å²) in [5, 5.41) is 5.61. The smallest absolute Gasteiger partial charge is 0.344 e. The van der Waals surface area contributed by atoms with Gasteiger partial charge < -0.3 is 4.74 Å². The molecule has 6 heteroatoms. The summed E-state index contributed by atoms with van der Waals surface area (Å²) in [6.07, 6.45) is 0. The van der Waals surface area contributed by atoms with E-state index in [4.69, 9.17) is 27.9 Å². The van der Waals surface area contributed by atoms with Gasteiger partial charge in [-0.15, -0.1) is 0 Å². The molecule has 4 nitrogen and oxygen atoms in total. The molecule has 0 saturated heterocycles. The molecule has 0 saturated carbocycles. The number of ether oxygens (including phenoxy) is 1. The predicted molar refractivity (Wildman–Crippen MR) is 99.1 cm³/mol. The molecule has 0 amide bonds. The van der Waals surface area contributed by atoms with Crippen molar-refractivity contribution in [1.82, 2.24) is 9.78 Å². The normalized spacial score (nSPS) is 10.9. The van der Waals surface area contributed by atoms with E-state index in [0.717, 1.165) is 5.69 Å². The molecule has 2 aromatic carbocycles. The number of rotatable bonds is 4. The average Bonchev–Trinajstić information content (AvgIpc) is 3.00. The Bertz CT molecular complexity index is 902. The van der Waals surface area contributed by atoms with Crippen molar-refractivity contribution in [2.75, 3.05) is 0 Å². The number of hydrogen-bond acceptors (Lipinski definition) is 3. The molecule has 0 fully saturated rings. The van der Waals surface area contributed by atoms with Gasteiger partial charge in [0.15, 0.2) is 0 Å². The summed E-state index contributed by atoms with van der Waals surface area (Å²) in [5.41, 5.74) is 1.86. The van der Waals surface area contributed by atoms with Crippen LogP contribution in [0.15, 0.2) is 54.6 Å². The van der Waals surface area contributed by atoms with Crippen molar-refractivity contribution >= 4 is 29.2 Å². The Hall–Kier alpha value is -2.30. The molecule has 0 atom stereocenters. The molecule has 0 spiro atoms. The Kier molecular flexibility index (Phi) is 5.11. The zero-order valence-corrected chi connectivity index (χ0v) is 15.3. The van der Waals surface area contributed by atoms with Crippen LogP contribution in [-0.2, 0) is 0 Å². The summed E-state index contributed by atoms with van der Waals surface area (Å²) >= 11 is 12.1. The molecule has 0 aliphatic heterocycles. The van der Waals surface area contributed by atoms with Crippen LogP contribution in [-0.4, -0.2) is 15.7 Å². The fourth-order valence-corrected chi connectivity index (χ4v) is 2.61. The van der Waals surface area contributed by atoms with Gasteiger partial charge in [0.25, 0.3) is 0 Å². The molecule has 0 unspecified atom stereocenters. The average molecular weight is 375 g/mol. The van der Waals surface area contributed by atoms with Gasteiger partial charge in [-0.25, -0.2) is 4.79 Å². The number of benzene rings is 2. The molecule has 0 aliphatic rings. The fourth-order valence-electron chi connectivity index (χ4n) is 2.27. The van der Waals surface area contributed by atoms with E-state index >= 15 is 0 Å². The van der Waals surface area contributed by atoms with Crippen LogP contribution in [0, 0.1) is 0 Å². The second kappa shape index (κ2) is 7.30. The SMILES string of the molecule is CC(C)c1cc(OC(=O)c2ccc(Cl)cc2)n(-c2ccccc2Cl)n1. The molecule has 0 radical (unpaired) electrons. The highest BCUT2D eigenvalue weighted by Gasteiger charge is 2.18. The van der Waals surface area contributed by atoms with E-state index in [1.807, 2.05) is 32.0 Å². The number of para-hydroxylation sites is 1. The van der Waals surface area contributed by atoms with Gasteiger partial charge in [-0.3, -0.25) is 0 Å². The molecule has 0 N–H and O–H groups in total. The minimum atomic E-state index is -0.486. The Labute approximate surface area is 155 Å². The molecule has 1 aromatic heterocycles. The standard InChI is InChI=1S/C19H16Cl2N2O2/c1-12(2)16-11-18(23(22-16)17-6-4-3-5-15(17)21)25-19(24)13-7-9-14(20)10-8-13/h3-12H,1-2H3. The van der Waals surface area contributed by atoms with Gasteiger partial charge in [-0.2, -0.15) is 9.78 Å². The van der Waals surface area contributed by atoms with E-state index in [1.54, 1.807) is 41.1 Å². The molecule has 1 heterocycles. The van der Waals surface area contributed by atoms with E-state index in [1.165, 1.54) is 0 Å². The maximum atomic E-state index is 12.4. The first kappa shape index (κ1) is 17.5. The second-order valence-electron chi connectivity index (χ2n) is 5.82. The van der Waals surface area contributed by atoms with Crippen molar-refractivity contribution in [3.63, 3.8) is 0 Å². The lowest BCUT2D eigenvalue weighted by molar-refractivity contribution is 0.0723. The Balaban J connectivity index is 1.99. The van der Waals surface area contributed by atoms with Crippen LogP contribution in [0.1, 0.15) is 35.8 Å². The van der Waals surface area contributed by atoms with Crippen LogP contribution in [0.25, 0.3) is 5.69 Å². The minimum absolute atomic E-state index is 0.178. The second-order valence-corrected chi connectivity index (χ2v) is 6.67. The van der Waals surface area contributed by atoms with Crippen LogP contribution in [0.4, 0.5) is 0 Å². The summed E-state index contributed by atoms with van der Waals surface area (Å²) in [7, 11) is 0. The van der Waals surface area contributed by atoms with Crippen molar-refractivity contribution in [2.24, 2.45) is 0 Å². The summed E-state index contributed by atoms with van der Waals surface area (Å²) in [4.78, 5) is 12.4. The van der Waals surface area contributed by atoms with Gasteiger partial charge in [0, 0.05) is 11.1 Å². The maximum Gasteiger partial charge on any atom is 0.344 e. The number of halogens is 2. The molecular weight excluding hydrogens is 359 g/mol. The van der Waals surface area contributed by atoms with Crippen molar-refractivity contribution < 1.29 is 9.53 Å². The summed E-state index contributed by atoms with van der Waals surface area (Å²) in [5.74, 6) is 0.00801. The molecule has 128 valence electrons. The van der Waals surface area contributed by atoms with Gasteiger partial charge in [0.05, 0.1) is 22.0 Å². The third-order valence-electron chi connectivity index (χ3n) is 3.64. The van der Waals surface area contributed by atoms with E-state index in [0.29, 0.717) is 27.2 Å². The minimum Gasteiger partial charge on any atom is -0.404 e. The third-order valence-corrected chi connectivity index (χ3v) is 4.22. The van der Waals surface area contributed by atoms with Crippen molar-refractivity contribution in [1.29, 1.82) is 0 Å². The van der Waals surface area contributed by atoms with Gasteiger partial charge in [-0.05, 0) is 42.3 Å². The highest BCUT2D eigenvalue weighted by molar-refractivity contribution is 6.32. The number of carbonyl (C=O) groups is 1. The number of esters is 1. The molecule has 3 aromatic rings. The number of carbonyl (C=O) groups excluding carboxylic acids is 1. The van der Waals surface area contributed by atoms with Gasteiger partial charge in [-0.1, -0.05) is 49.2 Å². The largest absolute Gasteiger partial charge is 0.404 e. The first-order valence-electron chi connectivity index (χ1n) is 7.78. The van der Waals surface area contributed by atoms with Crippen molar-refractivity contribution in [3.05, 3.63) is 75.9 Å². The quantitative estimate of drug-likeness (QED) is 0.564. The van der Waals surface area contributed by atoms with Crippen LogP contribution >= 0.6 is 23.2 Å². The number of aromatic nitrogens is 2. The van der Waals surface area contributed by atoms with Gasteiger partial charge >= 0.3 is 5.97 Å². The third kappa shape index (κ3) is 3.86. The Morgan fingerprint density at radius 3 is 2.40 bits per heavy atom. The summed E-state index contributed by atoms with van der Waals surface area (Å²) in [6.45, 7) is 4.04. The van der Waals surface area contributed by atoms with E-state index in [-0.39, 0.29) is 5.92 Å². The molecule has 0 aliphatic carbocycles. The highest BCUT2D eigenvalue weighted by atomic mass is 35.5. The molecule has 0 bridgehead atoms. The van der Waals surface area contributed by atoms with Crippen molar-refractivity contribution in [3.8, 4) is 11.6 Å². The first-order valence-corrected chi connectivity index (χ1v) is 8.54. The monoisotopic (exact) mass is 374 g/mol. The van der Waals surface area contributed by atoms with Crippen molar-refractivity contribution in [2.45, 2.75) is 19.8 Å². The molecular formula is C19H16Cl2N2O2. The Morgan fingerprint density at radius 2 is 1.76 bits per heavy atom. The fraction of sp³-hybridized carbons (Fsp3) is 0.158. The summed E-state index contributed by atoms with van der Waals surface area (Å²) in [6, 6.07) is 15.5. The lowest BCUT2D eigenvalue weighted by Gasteiger charge is -2.09.